The van der Waals surface area contributed by atoms with E-state index in [9.17, 15) is 14.4 Å². The van der Waals surface area contributed by atoms with Crippen molar-refractivity contribution in [3.63, 3.8) is 0 Å². The van der Waals surface area contributed by atoms with Gasteiger partial charge in [0.25, 0.3) is 5.56 Å². The second kappa shape index (κ2) is 7.30. The number of benzene rings is 2. The summed E-state index contributed by atoms with van der Waals surface area (Å²) in [5, 5.41) is 0.457. The summed E-state index contributed by atoms with van der Waals surface area (Å²) in [5.74, 6) is -0.159. The second-order valence-electron chi connectivity index (χ2n) is 5.99. The maximum Gasteiger partial charge on any atom is 0.331 e. The number of carbonyl (C=O) groups is 1. The minimum atomic E-state index is -0.429. The molecule has 1 heterocycles. The predicted molar refractivity (Wildman–Crippen MR) is 98.1 cm³/mol. The maximum absolute atomic E-state index is 12.9. The SMILES string of the molecule is CCCCn1c(=O)c2ccccc2n(CC(=O)c2ccccc2)c1=O. The number of Topliss-reactive ketones (excluding diaryl/α,β-unsaturated/α-hetero) is 1. The first-order valence-corrected chi connectivity index (χ1v) is 8.44. The van der Waals surface area contributed by atoms with Gasteiger partial charge in [-0.05, 0) is 18.6 Å². The molecule has 5 nitrogen and oxygen atoms in total. The predicted octanol–water partition coefficient (Wildman–Crippen LogP) is 2.85. The van der Waals surface area contributed by atoms with Crippen LogP contribution in [0.4, 0.5) is 0 Å². The topological polar surface area (TPSA) is 61.1 Å². The molecule has 3 rings (SSSR count). The van der Waals surface area contributed by atoms with Crippen LogP contribution in [0.25, 0.3) is 10.9 Å². The van der Waals surface area contributed by atoms with Gasteiger partial charge in [0.1, 0.15) is 0 Å². The molecule has 0 bridgehead atoms. The highest BCUT2D eigenvalue weighted by molar-refractivity contribution is 5.96. The summed E-state index contributed by atoms with van der Waals surface area (Å²) < 4.78 is 2.64. The second-order valence-corrected chi connectivity index (χ2v) is 5.99. The molecule has 1 aromatic heterocycles. The fourth-order valence-corrected chi connectivity index (χ4v) is 2.90. The van der Waals surface area contributed by atoms with E-state index < -0.39 is 5.69 Å². The summed E-state index contributed by atoms with van der Waals surface area (Å²) in [6.07, 6.45) is 1.61. The fraction of sp³-hybridized carbons (Fsp3) is 0.250. The molecule has 128 valence electrons. The van der Waals surface area contributed by atoms with E-state index >= 15 is 0 Å². The zero-order valence-corrected chi connectivity index (χ0v) is 14.1. The standard InChI is InChI=1S/C20H20N2O3/c1-2-3-13-21-19(24)16-11-7-8-12-17(16)22(20(21)25)14-18(23)15-9-5-4-6-10-15/h4-12H,2-3,13-14H2,1H3. The van der Waals surface area contributed by atoms with Crippen LogP contribution in [0, 0.1) is 0 Å². The van der Waals surface area contributed by atoms with Crippen molar-refractivity contribution in [3.05, 3.63) is 81.0 Å². The molecule has 25 heavy (non-hydrogen) atoms. The third-order valence-corrected chi connectivity index (χ3v) is 4.26. The van der Waals surface area contributed by atoms with E-state index in [0.717, 1.165) is 12.8 Å². The van der Waals surface area contributed by atoms with Gasteiger partial charge in [0.05, 0.1) is 17.4 Å². The zero-order chi connectivity index (χ0) is 17.8. The van der Waals surface area contributed by atoms with E-state index in [-0.39, 0.29) is 17.9 Å². The van der Waals surface area contributed by atoms with Gasteiger partial charge < -0.3 is 0 Å². The maximum atomic E-state index is 12.9. The summed E-state index contributed by atoms with van der Waals surface area (Å²) in [6, 6.07) is 15.8. The minimum Gasteiger partial charge on any atom is -0.292 e. The van der Waals surface area contributed by atoms with Crippen LogP contribution in [0.2, 0.25) is 0 Å². The number of fused-ring (bicyclic) bond motifs is 1. The van der Waals surface area contributed by atoms with Crippen molar-refractivity contribution in [1.82, 2.24) is 9.13 Å². The largest absolute Gasteiger partial charge is 0.331 e. The normalized spacial score (nSPS) is 10.9. The van der Waals surface area contributed by atoms with Crippen molar-refractivity contribution in [2.45, 2.75) is 32.9 Å². The Labute approximate surface area is 145 Å². The van der Waals surface area contributed by atoms with Gasteiger partial charge >= 0.3 is 5.69 Å². The summed E-state index contributed by atoms with van der Waals surface area (Å²) in [4.78, 5) is 38.1. The molecule has 0 amide bonds. The van der Waals surface area contributed by atoms with Gasteiger partial charge in [-0.3, -0.25) is 18.7 Å². The Balaban J connectivity index is 2.15. The first kappa shape index (κ1) is 16.9. The van der Waals surface area contributed by atoms with Crippen molar-refractivity contribution < 1.29 is 4.79 Å². The molecule has 0 fully saturated rings. The number of carbonyl (C=O) groups excluding carboxylic acids is 1. The number of para-hydroxylation sites is 1. The number of aromatic nitrogens is 2. The summed E-state index contributed by atoms with van der Waals surface area (Å²) in [6.45, 7) is 2.28. The van der Waals surface area contributed by atoms with Crippen molar-refractivity contribution in [2.75, 3.05) is 0 Å². The Bertz CT molecular complexity index is 1020. The molecule has 0 saturated carbocycles. The van der Waals surface area contributed by atoms with Crippen LogP contribution in [-0.2, 0) is 13.1 Å². The Morgan fingerprint density at radius 1 is 0.920 bits per heavy atom. The average Bonchev–Trinajstić information content (AvgIpc) is 2.65. The van der Waals surface area contributed by atoms with Crippen molar-refractivity contribution in [3.8, 4) is 0 Å². The smallest absolute Gasteiger partial charge is 0.292 e. The van der Waals surface area contributed by atoms with Gasteiger partial charge in [0.15, 0.2) is 5.78 Å². The molecule has 5 heteroatoms. The lowest BCUT2D eigenvalue weighted by molar-refractivity contribution is 0.0971. The molecule has 0 aliphatic carbocycles. The molecule has 0 spiro atoms. The summed E-state index contributed by atoms with van der Waals surface area (Å²) >= 11 is 0. The van der Waals surface area contributed by atoms with E-state index in [0.29, 0.717) is 23.0 Å². The van der Waals surface area contributed by atoms with Gasteiger partial charge in [-0.1, -0.05) is 55.8 Å². The van der Waals surface area contributed by atoms with Crippen molar-refractivity contribution in [1.29, 1.82) is 0 Å². The number of hydrogen-bond donors (Lipinski definition) is 0. The van der Waals surface area contributed by atoms with E-state index in [1.165, 1.54) is 9.13 Å². The average molecular weight is 336 g/mol. The zero-order valence-electron chi connectivity index (χ0n) is 14.1. The molecular weight excluding hydrogens is 316 g/mol. The van der Waals surface area contributed by atoms with Gasteiger partial charge in [-0.25, -0.2) is 4.79 Å². The molecule has 3 aromatic rings. The molecule has 2 aromatic carbocycles. The van der Waals surface area contributed by atoms with Gasteiger partial charge in [0, 0.05) is 12.1 Å². The number of nitrogens with zero attached hydrogens (tertiary/aromatic N) is 2. The first-order valence-electron chi connectivity index (χ1n) is 8.44. The highest BCUT2D eigenvalue weighted by Crippen LogP contribution is 2.10. The van der Waals surface area contributed by atoms with Crippen LogP contribution in [0.15, 0.2) is 64.2 Å². The number of ketones is 1. The number of hydrogen-bond acceptors (Lipinski definition) is 3. The Hall–Kier alpha value is -2.95. The molecule has 0 atom stereocenters. The third kappa shape index (κ3) is 3.31. The van der Waals surface area contributed by atoms with E-state index in [1.807, 2.05) is 13.0 Å². The number of unbranched alkanes of at least 4 members (excludes halogenated alkanes) is 1. The molecular formula is C20H20N2O3. The summed E-state index contributed by atoms with van der Waals surface area (Å²) in [7, 11) is 0. The number of rotatable bonds is 6. The highest BCUT2D eigenvalue weighted by Gasteiger charge is 2.15. The minimum absolute atomic E-state index is 0.0875. The molecule has 0 aliphatic rings. The highest BCUT2D eigenvalue weighted by atomic mass is 16.2. The fourth-order valence-electron chi connectivity index (χ4n) is 2.90. The molecule has 0 aliphatic heterocycles. The Morgan fingerprint density at radius 2 is 1.60 bits per heavy atom. The van der Waals surface area contributed by atoms with E-state index in [4.69, 9.17) is 0 Å². The van der Waals surface area contributed by atoms with E-state index in [1.54, 1.807) is 48.5 Å². The van der Waals surface area contributed by atoms with Crippen LogP contribution >= 0.6 is 0 Å². The molecule has 0 saturated heterocycles. The van der Waals surface area contributed by atoms with Gasteiger partial charge in [0.2, 0.25) is 0 Å². The van der Waals surface area contributed by atoms with E-state index in [2.05, 4.69) is 0 Å². The molecule has 0 N–H and O–H groups in total. The van der Waals surface area contributed by atoms with Crippen LogP contribution in [-0.4, -0.2) is 14.9 Å². The summed E-state index contributed by atoms with van der Waals surface area (Å²) in [5.41, 5.74) is 0.318. The van der Waals surface area contributed by atoms with Crippen LogP contribution in [0.5, 0.6) is 0 Å². The molecule has 0 radical (unpaired) electrons. The first-order chi connectivity index (χ1) is 12.1. The third-order valence-electron chi connectivity index (χ3n) is 4.26. The lowest BCUT2D eigenvalue weighted by Gasteiger charge is -2.13. The van der Waals surface area contributed by atoms with Crippen molar-refractivity contribution >= 4 is 16.7 Å². The van der Waals surface area contributed by atoms with Gasteiger partial charge in [-0.2, -0.15) is 0 Å². The van der Waals surface area contributed by atoms with Crippen LogP contribution in [0.3, 0.4) is 0 Å². The van der Waals surface area contributed by atoms with Crippen LogP contribution in [0.1, 0.15) is 30.1 Å². The Morgan fingerprint density at radius 3 is 2.32 bits per heavy atom. The monoisotopic (exact) mass is 336 g/mol. The lowest BCUT2D eigenvalue weighted by Crippen LogP contribution is -2.41. The van der Waals surface area contributed by atoms with Crippen LogP contribution < -0.4 is 11.2 Å². The van der Waals surface area contributed by atoms with Crippen molar-refractivity contribution in [2.24, 2.45) is 0 Å². The van der Waals surface area contributed by atoms with Gasteiger partial charge in [-0.15, -0.1) is 0 Å². The Kier molecular flexibility index (Phi) is 4.93. The quantitative estimate of drug-likeness (QED) is 0.650. The lowest BCUT2D eigenvalue weighted by atomic mass is 10.1. The molecule has 0 unspecified atom stereocenters.